The molecular weight excluding hydrogens is 304 g/mol. The van der Waals surface area contributed by atoms with Gasteiger partial charge in [0.1, 0.15) is 6.10 Å². The Morgan fingerprint density at radius 3 is 2.54 bits per heavy atom. The molecular formula is C20H34O4. The fraction of sp³-hybridized carbons (Fsp3) is 0.850. The van der Waals surface area contributed by atoms with E-state index >= 15 is 0 Å². The van der Waals surface area contributed by atoms with Crippen molar-refractivity contribution in [3.63, 3.8) is 0 Å². The summed E-state index contributed by atoms with van der Waals surface area (Å²) in [5.74, 6) is 0.482. The van der Waals surface area contributed by atoms with Gasteiger partial charge in [0, 0.05) is 5.92 Å². The molecule has 0 radical (unpaired) electrons. The molecule has 4 nitrogen and oxygen atoms in total. The number of ketones is 1. The summed E-state index contributed by atoms with van der Waals surface area (Å²) in [5.41, 5.74) is -0.331. The SMILES string of the molecule is CC1=CC(=O)[C@@H]2C(C)(C)CCC[C@]2(C)[C@@H]1CC[C@](C)(O)[C@H](O)CO. The highest BCUT2D eigenvalue weighted by molar-refractivity contribution is 5.94. The van der Waals surface area contributed by atoms with Gasteiger partial charge in [-0.3, -0.25) is 4.79 Å². The van der Waals surface area contributed by atoms with Gasteiger partial charge in [-0.25, -0.2) is 0 Å². The molecule has 0 aromatic carbocycles. The lowest BCUT2D eigenvalue weighted by atomic mass is 9.47. The van der Waals surface area contributed by atoms with Crippen molar-refractivity contribution in [2.24, 2.45) is 22.7 Å². The van der Waals surface area contributed by atoms with Crippen LogP contribution in [0.4, 0.5) is 0 Å². The quantitative estimate of drug-likeness (QED) is 0.720. The Labute approximate surface area is 146 Å². The van der Waals surface area contributed by atoms with Crippen LogP contribution < -0.4 is 0 Å². The van der Waals surface area contributed by atoms with Crippen LogP contribution in [0.25, 0.3) is 0 Å². The highest BCUT2D eigenvalue weighted by atomic mass is 16.4. The summed E-state index contributed by atoms with van der Waals surface area (Å²) in [7, 11) is 0. The van der Waals surface area contributed by atoms with Gasteiger partial charge in [0.25, 0.3) is 0 Å². The molecule has 1 fully saturated rings. The van der Waals surface area contributed by atoms with Crippen molar-refractivity contribution in [2.45, 2.75) is 78.4 Å². The number of aliphatic hydroxyl groups is 3. The molecule has 2 aliphatic carbocycles. The smallest absolute Gasteiger partial charge is 0.159 e. The summed E-state index contributed by atoms with van der Waals surface area (Å²) in [6, 6.07) is 0. The maximum Gasteiger partial charge on any atom is 0.159 e. The monoisotopic (exact) mass is 338 g/mol. The number of fused-ring (bicyclic) bond motifs is 1. The second-order valence-electron chi connectivity index (χ2n) is 9.22. The minimum atomic E-state index is -1.31. The van der Waals surface area contributed by atoms with Gasteiger partial charge in [0.2, 0.25) is 0 Å². The number of aliphatic hydroxyl groups excluding tert-OH is 2. The Hall–Kier alpha value is -0.710. The molecule has 0 bridgehead atoms. The molecule has 0 amide bonds. The molecule has 0 aromatic heterocycles. The summed E-state index contributed by atoms with van der Waals surface area (Å²) in [6.45, 7) is 9.77. The van der Waals surface area contributed by atoms with E-state index in [0.717, 1.165) is 24.8 Å². The van der Waals surface area contributed by atoms with Gasteiger partial charge in [0.05, 0.1) is 12.2 Å². The van der Waals surface area contributed by atoms with Gasteiger partial charge in [-0.2, -0.15) is 0 Å². The molecule has 5 atom stereocenters. The van der Waals surface area contributed by atoms with Gasteiger partial charge in [-0.1, -0.05) is 32.8 Å². The van der Waals surface area contributed by atoms with E-state index in [-0.39, 0.29) is 28.4 Å². The van der Waals surface area contributed by atoms with E-state index < -0.39 is 18.3 Å². The third kappa shape index (κ3) is 3.33. The van der Waals surface area contributed by atoms with Crippen LogP contribution in [0.5, 0.6) is 0 Å². The van der Waals surface area contributed by atoms with Crippen LogP contribution in [-0.2, 0) is 4.79 Å². The molecule has 4 heteroatoms. The third-order valence-corrected chi connectivity index (χ3v) is 6.81. The summed E-state index contributed by atoms with van der Waals surface area (Å²) in [5, 5.41) is 29.4. The molecule has 0 aromatic rings. The van der Waals surface area contributed by atoms with Crippen molar-refractivity contribution in [1.29, 1.82) is 0 Å². The van der Waals surface area contributed by atoms with E-state index in [1.165, 1.54) is 0 Å². The van der Waals surface area contributed by atoms with E-state index in [0.29, 0.717) is 12.8 Å². The second-order valence-corrected chi connectivity index (χ2v) is 9.22. The standard InChI is InChI=1S/C20H34O4/c1-13-11-15(22)17-18(2,3)8-6-9-19(17,4)14(13)7-10-20(5,24)16(23)12-21/h11,14,16-17,21,23-24H,6-10,12H2,1-5H3/t14-,16-,17-,19-,20+/m1/s1. The maximum absolute atomic E-state index is 12.8. The van der Waals surface area contributed by atoms with Gasteiger partial charge in [-0.15, -0.1) is 0 Å². The number of hydrogen-bond donors (Lipinski definition) is 3. The van der Waals surface area contributed by atoms with Crippen LogP contribution >= 0.6 is 0 Å². The zero-order chi connectivity index (χ0) is 18.3. The lowest BCUT2D eigenvalue weighted by Crippen LogP contribution is -2.53. The van der Waals surface area contributed by atoms with Crippen molar-refractivity contribution in [3.8, 4) is 0 Å². The van der Waals surface area contributed by atoms with Crippen molar-refractivity contribution in [1.82, 2.24) is 0 Å². The molecule has 3 N–H and O–H groups in total. The minimum Gasteiger partial charge on any atom is -0.394 e. The maximum atomic E-state index is 12.8. The number of rotatable bonds is 5. The van der Waals surface area contributed by atoms with Crippen molar-refractivity contribution in [2.75, 3.05) is 6.61 Å². The van der Waals surface area contributed by atoms with Crippen LogP contribution in [0, 0.1) is 22.7 Å². The van der Waals surface area contributed by atoms with Gasteiger partial charge in [0.15, 0.2) is 5.78 Å². The Kier molecular flexibility index (Phi) is 5.35. The highest BCUT2D eigenvalue weighted by Gasteiger charge is 2.55. The largest absolute Gasteiger partial charge is 0.394 e. The summed E-state index contributed by atoms with van der Waals surface area (Å²) >= 11 is 0. The molecule has 24 heavy (non-hydrogen) atoms. The predicted octanol–water partition coefficient (Wildman–Crippen LogP) is 2.85. The fourth-order valence-electron chi connectivity index (χ4n) is 5.48. The van der Waals surface area contributed by atoms with E-state index in [4.69, 9.17) is 5.11 Å². The summed E-state index contributed by atoms with van der Waals surface area (Å²) in [6.07, 6.45) is 4.99. The Balaban J connectivity index is 2.28. The van der Waals surface area contributed by atoms with Crippen LogP contribution in [0.2, 0.25) is 0 Å². The molecule has 0 spiro atoms. The molecule has 0 aliphatic heterocycles. The van der Waals surface area contributed by atoms with Crippen LogP contribution in [-0.4, -0.2) is 39.4 Å². The van der Waals surface area contributed by atoms with Crippen LogP contribution in [0.3, 0.4) is 0 Å². The molecule has 138 valence electrons. The zero-order valence-corrected chi connectivity index (χ0v) is 15.8. The molecule has 2 aliphatic rings. The number of carbonyl (C=O) groups is 1. The topological polar surface area (TPSA) is 77.8 Å². The zero-order valence-electron chi connectivity index (χ0n) is 15.8. The predicted molar refractivity (Wildman–Crippen MR) is 94.4 cm³/mol. The number of hydrogen-bond acceptors (Lipinski definition) is 4. The molecule has 0 saturated heterocycles. The van der Waals surface area contributed by atoms with Crippen molar-refractivity contribution < 1.29 is 20.1 Å². The van der Waals surface area contributed by atoms with E-state index in [1.54, 1.807) is 13.0 Å². The van der Waals surface area contributed by atoms with Gasteiger partial charge in [-0.05, 0) is 62.4 Å². The summed E-state index contributed by atoms with van der Waals surface area (Å²) < 4.78 is 0. The van der Waals surface area contributed by atoms with E-state index in [1.807, 2.05) is 6.92 Å². The minimum absolute atomic E-state index is 0.00728. The normalized spacial score (nSPS) is 36.5. The van der Waals surface area contributed by atoms with E-state index in [2.05, 4.69) is 20.8 Å². The molecule has 2 rings (SSSR count). The summed E-state index contributed by atoms with van der Waals surface area (Å²) in [4.78, 5) is 12.8. The van der Waals surface area contributed by atoms with Gasteiger partial charge < -0.3 is 15.3 Å². The van der Waals surface area contributed by atoms with Gasteiger partial charge >= 0.3 is 0 Å². The second kappa shape index (κ2) is 6.54. The lowest BCUT2D eigenvalue weighted by molar-refractivity contribution is -0.137. The first kappa shape index (κ1) is 19.6. The molecule has 1 saturated carbocycles. The van der Waals surface area contributed by atoms with Crippen LogP contribution in [0.1, 0.15) is 66.7 Å². The van der Waals surface area contributed by atoms with Crippen LogP contribution in [0.15, 0.2) is 11.6 Å². The number of carbonyl (C=O) groups excluding carboxylic acids is 1. The Morgan fingerprint density at radius 1 is 1.33 bits per heavy atom. The van der Waals surface area contributed by atoms with Crippen molar-refractivity contribution in [3.05, 3.63) is 11.6 Å². The average Bonchev–Trinajstić information content (AvgIpc) is 2.43. The number of allylic oxidation sites excluding steroid dienone is 2. The molecule has 0 heterocycles. The molecule has 0 unspecified atom stereocenters. The van der Waals surface area contributed by atoms with E-state index in [9.17, 15) is 15.0 Å². The lowest BCUT2D eigenvalue weighted by Gasteiger charge is -2.56. The first-order chi connectivity index (χ1) is 11.0. The first-order valence-corrected chi connectivity index (χ1v) is 9.19. The van der Waals surface area contributed by atoms with Crippen molar-refractivity contribution >= 4 is 5.78 Å². The Morgan fingerprint density at radius 2 is 1.96 bits per heavy atom. The highest BCUT2D eigenvalue weighted by Crippen LogP contribution is 2.59. The fourth-order valence-corrected chi connectivity index (χ4v) is 5.48. The first-order valence-electron chi connectivity index (χ1n) is 9.19. The Bertz CT molecular complexity index is 520. The average molecular weight is 338 g/mol. The third-order valence-electron chi connectivity index (χ3n) is 6.81.